The van der Waals surface area contributed by atoms with Crippen LogP contribution in [0.2, 0.25) is 0 Å². The lowest BCUT2D eigenvalue weighted by Crippen LogP contribution is -2.55. The van der Waals surface area contributed by atoms with Crippen LogP contribution in [0.5, 0.6) is 0 Å². The predicted octanol–water partition coefficient (Wildman–Crippen LogP) is 5.71. The van der Waals surface area contributed by atoms with Crippen LogP contribution < -0.4 is 5.32 Å². The summed E-state index contributed by atoms with van der Waals surface area (Å²) in [6.07, 6.45) is 15.5. The molecule has 2 nitrogen and oxygen atoms in total. The van der Waals surface area contributed by atoms with Crippen LogP contribution in [0.25, 0.3) is 0 Å². The van der Waals surface area contributed by atoms with Crippen LogP contribution in [0.15, 0.2) is 4.99 Å². The molecule has 1 unspecified atom stereocenters. The first kappa shape index (κ1) is 18.5. The van der Waals surface area contributed by atoms with Gasteiger partial charge in [0.2, 0.25) is 0 Å². The summed E-state index contributed by atoms with van der Waals surface area (Å²) in [7, 11) is 0. The van der Waals surface area contributed by atoms with Gasteiger partial charge in [0.1, 0.15) is 0 Å². The zero-order valence-corrected chi connectivity index (χ0v) is 15.2. The summed E-state index contributed by atoms with van der Waals surface area (Å²) in [5.41, 5.74) is 0.151. The fourth-order valence-corrected chi connectivity index (χ4v) is 3.59. The third kappa shape index (κ3) is 5.00. The smallest absolute Gasteiger partial charge is 0.0848 e. The molecule has 2 heteroatoms. The molecule has 0 fully saturated rings. The van der Waals surface area contributed by atoms with Gasteiger partial charge < -0.3 is 5.32 Å². The van der Waals surface area contributed by atoms with Crippen LogP contribution in [0.4, 0.5) is 0 Å². The molecule has 0 spiro atoms. The van der Waals surface area contributed by atoms with E-state index in [1.807, 2.05) is 6.34 Å². The Balaban J connectivity index is 2.59. The molecule has 124 valence electrons. The molecule has 0 saturated heterocycles. The van der Waals surface area contributed by atoms with Gasteiger partial charge in [-0.1, -0.05) is 65.2 Å². The van der Waals surface area contributed by atoms with Gasteiger partial charge in [0.05, 0.1) is 17.4 Å². The van der Waals surface area contributed by atoms with Gasteiger partial charge in [-0.25, -0.2) is 0 Å². The van der Waals surface area contributed by atoms with Crippen LogP contribution in [0, 0.1) is 5.92 Å². The highest BCUT2D eigenvalue weighted by molar-refractivity contribution is 5.61. The summed E-state index contributed by atoms with van der Waals surface area (Å²) in [6, 6.07) is 0. The van der Waals surface area contributed by atoms with E-state index in [2.05, 4.69) is 39.9 Å². The standard InChI is InChI=1S/C19H38N2/c1-6-8-10-12-14-17(15-13-11-9-7-2)19(5)18(3,4)20-16-21-19/h16-17H,6-15H2,1-5H3,(H,20,21). The first-order valence-electron chi connectivity index (χ1n) is 9.29. The minimum Gasteiger partial charge on any atom is -0.369 e. The quantitative estimate of drug-likeness (QED) is 0.485. The van der Waals surface area contributed by atoms with Crippen molar-refractivity contribution in [2.45, 2.75) is 110 Å². The number of aliphatic imine (C=N–C) groups is 1. The molecule has 1 rings (SSSR count). The monoisotopic (exact) mass is 294 g/mol. The van der Waals surface area contributed by atoms with E-state index in [0.717, 1.165) is 0 Å². The Morgan fingerprint density at radius 3 is 1.76 bits per heavy atom. The zero-order valence-electron chi connectivity index (χ0n) is 15.2. The molecular formula is C19H38N2. The molecule has 1 heterocycles. The molecule has 0 saturated carbocycles. The normalized spacial score (nSPS) is 23.7. The Kier molecular flexibility index (Phi) is 7.76. The number of hydrogen-bond acceptors (Lipinski definition) is 2. The van der Waals surface area contributed by atoms with E-state index in [0.29, 0.717) is 5.92 Å². The average Bonchev–Trinajstić information content (AvgIpc) is 2.72. The molecule has 0 amide bonds. The highest BCUT2D eigenvalue weighted by atomic mass is 15.2. The second-order valence-electron chi connectivity index (χ2n) is 7.57. The second kappa shape index (κ2) is 8.80. The van der Waals surface area contributed by atoms with E-state index in [1.165, 1.54) is 64.2 Å². The maximum absolute atomic E-state index is 4.88. The molecule has 1 atom stereocenters. The summed E-state index contributed by atoms with van der Waals surface area (Å²) in [5.74, 6) is 0.715. The van der Waals surface area contributed by atoms with E-state index in [9.17, 15) is 0 Å². The summed E-state index contributed by atoms with van der Waals surface area (Å²) in [5, 5.41) is 3.48. The largest absolute Gasteiger partial charge is 0.369 e. The molecule has 0 aromatic rings. The van der Waals surface area contributed by atoms with Gasteiger partial charge in [-0.15, -0.1) is 0 Å². The molecule has 1 N–H and O–H groups in total. The minimum absolute atomic E-state index is 0.0609. The van der Waals surface area contributed by atoms with Crippen molar-refractivity contribution in [3.8, 4) is 0 Å². The predicted molar refractivity (Wildman–Crippen MR) is 95.1 cm³/mol. The molecule has 1 aliphatic rings. The van der Waals surface area contributed by atoms with Gasteiger partial charge in [0.25, 0.3) is 0 Å². The van der Waals surface area contributed by atoms with Crippen molar-refractivity contribution in [3.63, 3.8) is 0 Å². The maximum atomic E-state index is 4.88. The molecule has 1 aliphatic heterocycles. The van der Waals surface area contributed by atoms with Crippen LogP contribution in [-0.2, 0) is 0 Å². The lowest BCUT2D eigenvalue weighted by atomic mass is 9.69. The van der Waals surface area contributed by atoms with Crippen LogP contribution in [0.3, 0.4) is 0 Å². The number of hydrogen-bond donors (Lipinski definition) is 1. The summed E-state index contributed by atoms with van der Waals surface area (Å²) in [6.45, 7) is 11.6. The van der Waals surface area contributed by atoms with Crippen molar-refractivity contribution >= 4 is 6.34 Å². The molecule has 0 aromatic carbocycles. The first-order valence-corrected chi connectivity index (χ1v) is 9.29. The molecule has 0 aromatic heterocycles. The highest BCUT2D eigenvalue weighted by Crippen LogP contribution is 2.41. The van der Waals surface area contributed by atoms with Crippen molar-refractivity contribution in [2.75, 3.05) is 0 Å². The number of nitrogens with one attached hydrogen (secondary N) is 1. The lowest BCUT2D eigenvalue weighted by molar-refractivity contribution is 0.165. The molecular weight excluding hydrogens is 256 g/mol. The Bertz CT molecular complexity index is 297. The fraction of sp³-hybridized carbons (Fsp3) is 0.947. The van der Waals surface area contributed by atoms with Crippen molar-refractivity contribution < 1.29 is 0 Å². The number of rotatable bonds is 11. The average molecular weight is 295 g/mol. The Morgan fingerprint density at radius 2 is 1.38 bits per heavy atom. The molecule has 0 radical (unpaired) electrons. The Morgan fingerprint density at radius 1 is 0.857 bits per heavy atom. The number of unbranched alkanes of at least 4 members (excludes halogenated alkanes) is 6. The van der Waals surface area contributed by atoms with Crippen molar-refractivity contribution in [3.05, 3.63) is 0 Å². The van der Waals surface area contributed by atoms with E-state index >= 15 is 0 Å². The summed E-state index contributed by atoms with van der Waals surface area (Å²) < 4.78 is 0. The van der Waals surface area contributed by atoms with Gasteiger partial charge >= 0.3 is 0 Å². The van der Waals surface area contributed by atoms with Crippen LogP contribution >= 0.6 is 0 Å². The van der Waals surface area contributed by atoms with Gasteiger partial charge in [-0.05, 0) is 39.5 Å². The van der Waals surface area contributed by atoms with E-state index < -0.39 is 0 Å². The van der Waals surface area contributed by atoms with Crippen LogP contribution in [-0.4, -0.2) is 17.4 Å². The second-order valence-corrected chi connectivity index (χ2v) is 7.57. The van der Waals surface area contributed by atoms with E-state index in [-0.39, 0.29) is 11.1 Å². The topological polar surface area (TPSA) is 24.4 Å². The maximum Gasteiger partial charge on any atom is 0.0848 e. The van der Waals surface area contributed by atoms with E-state index in [1.54, 1.807) is 0 Å². The van der Waals surface area contributed by atoms with Gasteiger partial charge in [-0.2, -0.15) is 0 Å². The van der Waals surface area contributed by atoms with Crippen molar-refractivity contribution in [1.82, 2.24) is 5.32 Å². The third-order valence-corrected chi connectivity index (χ3v) is 5.63. The lowest BCUT2D eigenvalue weighted by Gasteiger charge is -2.42. The van der Waals surface area contributed by atoms with Gasteiger partial charge in [0, 0.05) is 0 Å². The molecule has 0 aliphatic carbocycles. The third-order valence-electron chi connectivity index (χ3n) is 5.63. The summed E-state index contributed by atoms with van der Waals surface area (Å²) >= 11 is 0. The fourth-order valence-electron chi connectivity index (χ4n) is 3.59. The Labute approximate surface area is 133 Å². The molecule has 21 heavy (non-hydrogen) atoms. The molecule has 0 bridgehead atoms. The SMILES string of the molecule is CCCCCCC(CCCCCC)C1(C)N=CNC1(C)C. The van der Waals surface area contributed by atoms with Crippen molar-refractivity contribution in [2.24, 2.45) is 10.9 Å². The first-order chi connectivity index (χ1) is 9.98. The van der Waals surface area contributed by atoms with Gasteiger partial charge in [-0.3, -0.25) is 4.99 Å². The minimum atomic E-state index is 0.0609. The van der Waals surface area contributed by atoms with Gasteiger partial charge in [0.15, 0.2) is 0 Å². The zero-order chi connectivity index (χ0) is 15.8. The Hall–Kier alpha value is -0.530. The van der Waals surface area contributed by atoms with E-state index in [4.69, 9.17) is 4.99 Å². The number of nitrogens with zero attached hydrogens (tertiary/aromatic N) is 1. The highest BCUT2D eigenvalue weighted by Gasteiger charge is 2.48. The summed E-state index contributed by atoms with van der Waals surface area (Å²) in [4.78, 5) is 4.88. The van der Waals surface area contributed by atoms with Crippen molar-refractivity contribution in [1.29, 1.82) is 0 Å². The van der Waals surface area contributed by atoms with Crippen LogP contribution in [0.1, 0.15) is 98.8 Å².